The van der Waals surface area contributed by atoms with Gasteiger partial charge in [-0.25, -0.2) is 0 Å². The number of hydrogen-bond acceptors (Lipinski definition) is 2. The van der Waals surface area contributed by atoms with Gasteiger partial charge in [0.25, 0.3) is 0 Å². The Morgan fingerprint density at radius 1 is 0.183 bits per heavy atom. The molecule has 600 valence electrons. The first kappa shape index (κ1) is 74.7. The molecule has 24 rings (SSSR count). The van der Waals surface area contributed by atoms with Crippen molar-refractivity contribution in [1.29, 1.82) is 0 Å². The van der Waals surface area contributed by atoms with Crippen molar-refractivity contribution >= 4 is 89.9 Å². The second-order valence-electron chi connectivity index (χ2n) is 37.2. The van der Waals surface area contributed by atoms with Crippen LogP contribution in [-0.4, -0.2) is 9.13 Å². The molecule has 0 saturated heterocycles. The topological polar surface area (TPSA) is 16.3 Å². The molecule has 0 saturated carbocycles. The molecule has 0 N–H and O–H groups in total. The fourth-order valence-corrected chi connectivity index (χ4v) is 22.1. The van der Waals surface area contributed by atoms with Crippen LogP contribution in [0.15, 0.2) is 400 Å². The highest BCUT2D eigenvalue weighted by Gasteiger charge is 2.40. The van der Waals surface area contributed by atoms with E-state index in [0.717, 1.165) is 56.6 Å². The lowest BCUT2D eigenvalue weighted by Gasteiger charge is -2.26. The van der Waals surface area contributed by atoms with Crippen LogP contribution in [0.3, 0.4) is 0 Å². The lowest BCUT2D eigenvalue weighted by Crippen LogP contribution is -2.14. The third kappa shape index (κ3) is 11.6. The van der Waals surface area contributed by atoms with Gasteiger partial charge in [-0.2, -0.15) is 0 Å². The van der Waals surface area contributed by atoms with E-state index in [0.29, 0.717) is 0 Å². The Balaban J connectivity index is 0.526. The summed E-state index contributed by atoms with van der Waals surface area (Å²) in [6.45, 7) is 19.0. The van der Waals surface area contributed by atoms with Gasteiger partial charge in [-0.1, -0.05) is 298 Å². The average molecular weight is 1610 g/mol. The SMILES string of the molecule is CC1(C)c2ccccc2-c2ccc(-c3ccc4c(c3)c3cc(-c5ccc6c(c5)C(C)(C)c5ccccc5-6)ccc3n4-c3ccc(N(c4ccccc4)c4ccc(/C=C/c5ccc(N(c6ccccc6)c6ccc(-n7c8ccc(-c9ccc%10c(c9)C(C)(C)c9ccccc9-%10)cc8c8cc(-c9ccc%10c(c9)C(C)(C)c9ccccc9-%10)ccc87)cc6)cc5)cc4)cc3)cc21. The molecule has 4 nitrogen and oxygen atoms in total. The largest absolute Gasteiger partial charge is 0.311 e. The Morgan fingerprint density at radius 3 is 0.651 bits per heavy atom. The zero-order valence-electron chi connectivity index (χ0n) is 72.0. The Morgan fingerprint density at radius 2 is 0.389 bits per heavy atom. The summed E-state index contributed by atoms with van der Waals surface area (Å²) < 4.78 is 4.93. The molecular formula is C122H92N4. The molecule has 0 fully saturated rings. The molecule has 0 atom stereocenters. The minimum absolute atomic E-state index is 0.106. The number of hydrogen-bond donors (Lipinski definition) is 0. The van der Waals surface area contributed by atoms with Gasteiger partial charge in [0.15, 0.2) is 0 Å². The Kier molecular flexibility index (Phi) is 16.7. The van der Waals surface area contributed by atoms with Gasteiger partial charge < -0.3 is 18.9 Å². The number of rotatable bonds is 14. The smallest absolute Gasteiger partial charge is 0.0541 e. The Labute approximate surface area is 737 Å². The van der Waals surface area contributed by atoms with Crippen LogP contribution in [0.4, 0.5) is 34.1 Å². The molecule has 0 amide bonds. The van der Waals surface area contributed by atoms with Gasteiger partial charge in [-0.15, -0.1) is 0 Å². The number of benzene rings is 18. The first-order chi connectivity index (χ1) is 61.5. The molecular weight excluding hydrogens is 1520 g/mol. The van der Waals surface area contributed by atoms with E-state index in [9.17, 15) is 0 Å². The van der Waals surface area contributed by atoms with Gasteiger partial charge in [0, 0.05) is 88.7 Å². The van der Waals surface area contributed by atoms with Crippen molar-refractivity contribution < 1.29 is 0 Å². The van der Waals surface area contributed by atoms with Crippen LogP contribution in [0, 0.1) is 0 Å². The van der Waals surface area contributed by atoms with E-state index in [1.54, 1.807) is 0 Å². The lowest BCUT2D eigenvalue weighted by molar-refractivity contribution is 0.660. The molecule has 20 aromatic rings. The van der Waals surface area contributed by atoms with E-state index in [1.807, 2.05) is 0 Å². The average Bonchev–Trinajstić information content (AvgIpc) is 1.58. The van der Waals surface area contributed by atoms with E-state index in [-0.39, 0.29) is 21.7 Å². The molecule has 0 unspecified atom stereocenters. The van der Waals surface area contributed by atoms with E-state index in [1.165, 1.54) is 177 Å². The molecule has 0 radical (unpaired) electrons. The number of para-hydroxylation sites is 2. The van der Waals surface area contributed by atoms with Crippen LogP contribution in [0.2, 0.25) is 0 Å². The summed E-state index contributed by atoms with van der Waals surface area (Å²) in [5, 5.41) is 4.90. The fraction of sp³-hybridized carbons (Fsp3) is 0.0984. The molecule has 2 heterocycles. The zero-order valence-corrected chi connectivity index (χ0v) is 72.0. The molecule has 2 aromatic heterocycles. The highest BCUT2D eigenvalue weighted by Crippen LogP contribution is 2.56. The summed E-state index contributed by atoms with van der Waals surface area (Å²) >= 11 is 0. The van der Waals surface area contributed by atoms with Crippen molar-refractivity contribution in [2.24, 2.45) is 0 Å². The van der Waals surface area contributed by atoms with Crippen LogP contribution in [-0.2, 0) is 21.7 Å². The normalized spacial score (nSPS) is 14.3. The lowest BCUT2D eigenvalue weighted by atomic mass is 9.81. The monoisotopic (exact) mass is 1610 g/mol. The van der Waals surface area contributed by atoms with Crippen LogP contribution in [0.1, 0.15) is 111 Å². The molecule has 18 aromatic carbocycles. The van der Waals surface area contributed by atoms with Gasteiger partial charge in [0.2, 0.25) is 0 Å². The van der Waals surface area contributed by atoms with Gasteiger partial charge in [-0.3, -0.25) is 0 Å². The van der Waals surface area contributed by atoms with Crippen molar-refractivity contribution in [3.8, 4) is 100 Å². The number of aromatic nitrogens is 2. The molecule has 0 spiro atoms. The standard InChI is InChI=1S/C122H92N4/c1-119(2)107-31-19-15-27-95(107)99-61-41-83(73-111(99)119)79-45-65-115-103(69-79)104-70-80(84-42-62-100-96-28-16-20-32-108(96)120(3,4)112(100)74-84)46-66-116(104)125(115)93-57-53-91(54-58-93)123(87-23-11-9-12-24-87)89-49-37-77(38-50-89)35-36-78-39-51-90(52-40-78)124(88-25-13-10-14-26-88)92-55-59-94(60-56-92)126-117-67-47-81(85-43-63-101-97-29-17-21-33-109(97)121(5,6)113(101)75-85)71-105(117)106-72-82(48-68-118(106)126)86-44-64-102-98-30-18-22-34-110(98)122(7,8)114(102)76-86/h9-76H,1-8H3/b36-35+. The maximum atomic E-state index is 2.47. The predicted octanol–water partition coefficient (Wildman–Crippen LogP) is 32.9. The van der Waals surface area contributed by atoms with Crippen molar-refractivity contribution in [1.82, 2.24) is 9.13 Å². The zero-order chi connectivity index (χ0) is 84.6. The maximum absolute atomic E-state index is 2.47. The number of anilines is 6. The molecule has 4 heteroatoms. The molecule has 0 aliphatic heterocycles. The van der Waals surface area contributed by atoms with E-state index < -0.39 is 0 Å². The summed E-state index contributed by atoms with van der Waals surface area (Å²) in [5.74, 6) is 0. The Bertz CT molecular complexity index is 7110. The molecule has 126 heavy (non-hydrogen) atoms. The van der Waals surface area contributed by atoms with E-state index in [2.05, 4.69) is 487 Å². The Hall–Kier alpha value is -15.1. The van der Waals surface area contributed by atoms with Crippen LogP contribution >= 0.6 is 0 Å². The van der Waals surface area contributed by atoms with Crippen molar-refractivity contribution in [2.75, 3.05) is 9.80 Å². The minimum atomic E-state index is -0.106. The third-order valence-corrected chi connectivity index (χ3v) is 28.7. The van der Waals surface area contributed by atoms with Gasteiger partial charge in [0.05, 0.1) is 22.1 Å². The first-order valence-corrected chi connectivity index (χ1v) is 44.4. The van der Waals surface area contributed by atoms with E-state index >= 15 is 0 Å². The van der Waals surface area contributed by atoms with Gasteiger partial charge >= 0.3 is 0 Å². The molecule has 4 aliphatic carbocycles. The summed E-state index contributed by atoms with van der Waals surface area (Å²) in [7, 11) is 0. The summed E-state index contributed by atoms with van der Waals surface area (Å²) in [4.78, 5) is 4.72. The summed E-state index contributed by atoms with van der Waals surface area (Å²) in [5.41, 5.74) is 46.6. The second-order valence-corrected chi connectivity index (χ2v) is 37.2. The summed E-state index contributed by atoms with van der Waals surface area (Å²) in [6, 6.07) is 150. The summed E-state index contributed by atoms with van der Waals surface area (Å²) in [6.07, 6.45) is 4.44. The third-order valence-electron chi connectivity index (χ3n) is 28.7. The van der Waals surface area contributed by atoms with Crippen LogP contribution in [0.25, 0.3) is 156 Å². The highest BCUT2D eigenvalue weighted by atomic mass is 15.1. The predicted molar refractivity (Wildman–Crippen MR) is 532 cm³/mol. The molecule has 0 bridgehead atoms. The minimum Gasteiger partial charge on any atom is -0.311 e. The number of fused-ring (bicyclic) bond motifs is 18. The maximum Gasteiger partial charge on any atom is 0.0541 e. The first-order valence-electron chi connectivity index (χ1n) is 44.4. The fourth-order valence-electron chi connectivity index (χ4n) is 22.1. The van der Waals surface area contributed by atoms with Crippen LogP contribution < -0.4 is 9.80 Å². The van der Waals surface area contributed by atoms with Gasteiger partial charge in [0.1, 0.15) is 0 Å². The second kappa shape index (κ2) is 28.2. The van der Waals surface area contributed by atoms with Crippen molar-refractivity contribution in [3.63, 3.8) is 0 Å². The van der Waals surface area contributed by atoms with Crippen LogP contribution in [0.5, 0.6) is 0 Å². The quantitative estimate of drug-likeness (QED) is 0.101. The molecule has 4 aliphatic rings. The van der Waals surface area contributed by atoms with Gasteiger partial charge in [-0.05, 0) is 315 Å². The van der Waals surface area contributed by atoms with Crippen molar-refractivity contribution in [2.45, 2.75) is 77.0 Å². The number of nitrogens with zero attached hydrogens (tertiary/aromatic N) is 4. The van der Waals surface area contributed by atoms with E-state index in [4.69, 9.17) is 0 Å². The highest BCUT2D eigenvalue weighted by molar-refractivity contribution is 6.14. The van der Waals surface area contributed by atoms with Crippen molar-refractivity contribution in [3.05, 3.63) is 456 Å².